The molecule has 1 aromatic carbocycles. The van der Waals surface area contributed by atoms with Crippen molar-refractivity contribution in [3.05, 3.63) is 39.9 Å². The molecule has 0 spiro atoms. The van der Waals surface area contributed by atoms with Crippen LogP contribution in [0.1, 0.15) is 10.4 Å². The van der Waals surface area contributed by atoms with Crippen molar-refractivity contribution in [3.8, 4) is 0 Å². The number of carbonyl (C=O) groups excluding carboxylic acids is 1. The molecule has 0 saturated carbocycles. The van der Waals surface area contributed by atoms with Crippen molar-refractivity contribution in [3.63, 3.8) is 0 Å². The van der Waals surface area contributed by atoms with E-state index in [0.717, 1.165) is 26.2 Å². The number of hydrogen-bond acceptors (Lipinski definition) is 6. The van der Waals surface area contributed by atoms with Crippen LogP contribution in [0.25, 0.3) is 0 Å². The van der Waals surface area contributed by atoms with E-state index in [1.165, 1.54) is 30.5 Å². The van der Waals surface area contributed by atoms with Gasteiger partial charge in [-0.05, 0) is 19.2 Å². The van der Waals surface area contributed by atoms with E-state index in [4.69, 9.17) is 0 Å². The number of nitrogens with zero attached hydrogens (tertiary/aromatic N) is 4. The second-order valence-corrected chi connectivity index (χ2v) is 4.67. The molecule has 1 aliphatic rings. The molecule has 1 fully saturated rings. The summed E-state index contributed by atoms with van der Waals surface area (Å²) in [7, 11) is 2.04. The van der Waals surface area contributed by atoms with Gasteiger partial charge in [-0.15, -0.1) is 0 Å². The highest BCUT2D eigenvalue weighted by Gasteiger charge is 2.12. The quantitative estimate of drug-likeness (QED) is 0.355. The van der Waals surface area contributed by atoms with Gasteiger partial charge >= 0.3 is 0 Å². The maximum Gasteiger partial charge on any atom is 0.269 e. The molecular formula is C13H16N4O3. The highest BCUT2D eigenvalue weighted by molar-refractivity contribution is 6.35. The predicted molar refractivity (Wildman–Crippen MR) is 75.0 cm³/mol. The SMILES string of the molecule is CN1CCN(N=CC(=O)c2ccc([N+](=O)[O-])cc2)CC1. The first-order chi connectivity index (χ1) is 9.56. The normalized spacial score (nSPS) is 16.6. The minimum atomic E-state index is -0.493. The molecule has 0 aromatic heterocycles. The second kappa shape index (κ2) is 6.25. The first-order valence-corrected chi connectivity index (χ1v) is 6.32. The molecule has 7 heteroatoms. The molecule has 0 amide bonds. The van der Waals surface area contributed by atoms with Gasteiger partial charge in [0.25, 0.3) is 5.69 Å². The van der Waals surface area contributed by atoms with Gasteiger partial charge in [0.1, 0.15) is 0 Å². The van der Waals surface area contributed by atoms with Crippen LogP contribution in [-0.2, 0) is 0 Å². The van der Waals surface area contributed by atoms with E-state index < -0.39 is 4.92 Å². The fourth-order valence-corrected chi connectivity index (χ4v) is 1.87. The van der Waals surface area contributed by atoms with E-state index in [0.29, 0.717) is 5.56 Å². The number of hydrogen-bond donors (Lipinski definition) is 0. The molecule has 7 nitrogen and oxygen atoms in total. The van der Waals surface area contributed by atoms with Crippen molar-refractivity contribution in [2.45, 2.75) is 0 Å². The first kappa shape index (κ1) is 14.1. The lowest BCUT2D eigenvalue weighted by Gasteiger charge is -2.30. The Hall–Kier alpha value is -2.28. The molecule has 0 unspecified atom stereocenters. The minimum Gasteiger partial charge on any atom is -0.303 e. The summed E-state index contributed by atoms with van der Waals surface area (Å²) in [5, 5.41) is 16.5. The molecule has 1 saturated heterocycles. The Bertz CT molecular complexity index is 519. The van der Waals surface area contributed by atoms with E-state index in [1.54, 1.807) is 0 Å². The zero-order valence-corrected chi connectivity index (χ0v) is 11.2. The number of ketones is 1. The van der Waals surface area contributed by atoms with E-state index in [2.05, 4.69) is 10.0 Å². The van der Waals surface area contributed by atoms with E-state index in [1.807, 2.05) is 12.1 Å². The van der Waals surface area contributed by atoms with Gasteiger partial charge in [-0.25, -0.2) is 0 Å². The third kappa shape index (κ3) is 3.61. The number of rotatable bonds is 4. The molecule has 0 atom stereocenters. The smallest absolute Gasteiger partial charge is 0.269 e. The van der Waals surface area contributed by atoms with Gasteiger partial charge < -0.3 is 4.90 Å². The zero-order chi connectivity index (χ0) is 14.5. The average Bonchev–Trinajstić information content (AvgIpc) is 2.46. The largest absolute Gasteiger partial charge is 0.303 e. The fourth-order valence-electron chi connectivity index (χ4n) is 1.87. The highest BCUT2D eigenvalue weighted by Crippen LogP contribution is 2.12. The lowest BCUT2D eigenvalue weighted by molar-refractivity contribution is -0.384. The van der Waals surface area contributed by atoms with Crippen LogP contribution in [0.2, 0.25) is 0 Å². The van der Waals surface area contributed by atoms with Crippen LogP contribution in [0.4, 0.5) is 5.69 Å². The molecule has 106 valence electrons. The molecule has 2 rings (SSSR count). The number of Topliss-reactive ketones (excluding diaryl/α,β-unsaturated/α-hetero) is 1. The molecule has 1 heterocycles. The van der Waals surface area contributed by atoms with Crippen LogP contribution >= 0.6 is 0 Å². The third-order valence-corrected chi connectivity index (χ3v) is 3.18. The van der Waals surface area contributed by atoms with Gasteiger partial charge in [-0.2, -0.15) is 5.10 Å². The molecule has 0 aliphatic carbocycles. The van der Waals surface area contributed by atoms with Crippen molar-refractivity contribution in [1.82, 2.24) is 9.91 Å². The lowest BCUT2D eigenvalue weighted by atomic mass is 10.1. The first-order valence-electron chi connectivity index (χ1n) is 6.32. The Morgan fingerprint density at radius 3 is 2.40 bits per heavy atom. The number of non-ortho nitro benzene ring substituents is 1. The summed E-state index contributed by atoms with van der Waals surface area (Å²) in [6.45, 7) is 3.42. The van der Waals surface area contributed by atoms with Crippen molar-refractivity contribution < 1.29 is 9.72 Å². The van der Waals surface area contributed by atoms with Crippen LogP contribution in [0, 0.1) is 10.1 Å². The Balaban J connectivity index is 1.95. The Labute approximate surface area is 116 Å². The number of hydrazone groups is 1. The second-order valence-electron chi connectivity index (χ2n) is 4.67. The number of nitro benzene ring substituents is 1. The van der Waals surface area contributed by atoms with Crippen LogP contribution in [-0.4, -0.2) is 60.1 Å². The summed E-state index contributed by atoms with van der Waals surface area (Å²) in [6, 6.07) is 5.51. The lowest BCUT2D eigenvalue weighted by Crippen LogP contribution is -2.41. The molecule has 0 bridgehead atoms. The summed E-state index contributed by atoms with van der Waals surface area (Å²) in [5.41, 5.74) is 0.367. The highest BCUT2D eigenvalue weighted by atomic mass is 16.6. The summed E-state index contributed by atoms with van der Waals surface area (Å²) in [5.74, 6) is -0.251. The average molecular weight is 276 g/mol. The Kier molecular flexibility index (Phi) is 4.41. The fraction of sp³-hybridized carbons (Fsp3) is 0.385. The monoisotopic (exact) mass is 276 g/mol. The molecule has 20 heavy (non-hydrogen) atoms. The number of benzene rings is 1. The summed E-state index contributed by atoms with van der Waals surface area (Å²) < 4.78 is 0. The van der Waals surface area contributed by atoms with Crippen LogP contribution in [0.5, 0.6) is 0 Å². The van der Waals surface area contributed by atoms with Crippen molar-refractivity contribution in [2.75, 3.05) is 33.2 Å². The molecule has 0 radical (unpaired) electrons. The number of carbonyl (C=O) groups is 1. The maximum absolute atomic E-state index is 11.9. The van der Waals surface area contributed by atoms with Gasteiger partial charge in [0.15, 0.2) is 0 Å². The van der Waals surface area contributed by atoms with Crippen LogP contribution in [0.15, 0.2) is 29.4 Å². The van der Waals surface area contributed by atoms with Crippen LogP contribution < -0.4 is 0 Å². The molecular weight excluding hydrogens is 260 g/mol. The standard InChI is InChI=1S/C13H16N4O3/c1-15-6-8-16(9-7-15)14-10-13(18)11-2-4-12(5-3-11)17(19)20/h2-5,10H,6-9H2,1H3. The molecule has 1 aromatic rings. The van der Waals surface area contributed by atoms with Crippen LogP contribution in [0.3, 0.4) is 0 Å². The van der Waals surface area contributed by atoms with E-state index >= 15 is 0 Å². The van der Waals surface area contributed by atoms with Gasteiger partial charge in [-0.3, -0.25) is 19.9 Å². The zero-order valence-electron chi connectivity index (χ0n) is 11.2. The molecule has 1 aliphatic heterocycles. The Morgan fingerprint density at radius 2 is 1.85 bits per heavy atom. The van der Waals surface area contributed by atoms with Crippen molar-refractivity contribution in [1.29, 1.82) is 0 Å². The number of likely N-dealkylation sites (N-methyl/N-ethyl adjacent to an activating group) is 1. The summed E-state index contributed by atoms with van der Waals surface area (Å²) in [6.07, 6.45) is 1.27. The predicted octanol–water partition coefficient (Wildman–Crippen LogP) is 1.01. The molecule has 0 N–H and O–H groups in total. The number of nitro groups is 1. The Morgan fingerprint density at radius 1 is 1.25 bits per heavy atom. The number of piperazine rings is 1. The van der Waals surface area contributed by atoms with E-state index in [9.17, 15) is 14.9 Å². The third-order valence-electron chi connectivity index (χ3n) is 3.18. The van der Waals surface area contributed by atoms with Gasteiger partial charge in [-0.1, -0.05) is 0 Å². The topological polar surface area (TPSA) is 79.0 Å². The van der Waals surface area contributed by atoms with Crippen molar-refractivity contribution >= 4 is 17.7 Å². The van der Waals surface area contributed by atoms with Gasteiger partial charge in [0, 0.05) is 43.9 Å². The van der Waals surface area contributed by atoms with Gasteiger partial charge in [0.2, 0.25) is 5.78 Å². The summed E-state index contributed by atoms with van der Waals surface area (Å²) >= 11 is 0. The van der Waals surface area contributed by atoms with Crippen molar-refractivity contribution in [2.24, 2.45) is 5.10 Å². The summed E-state index contributed by atoms with van der Waals surface area (Å²) in [4.78, 5) is 24.1. The van der Waals surface area contributed by atoms with Gasteiger partial charge in [0.05, 0.1) is 11.1 Å². The van der Waals surface area contributed by atoms with E-state index in [-0.39, 0.29) is 11.5 Å². The maximum atomic E-state index is 11.9. The minimum absolute atomic E-state index is 0.0300.